The number of alkyl halides is 2. The molecule has 0 bridgehead atoms. The van der Waals surface area contributed by atoms with Crippen LogP contribution in [0.2, 0.25) is 0 Å². The van der Waals surface area contributed by atoms with Crippen LogP contribution in [-0.4, -0.2) is 13.8 Å². The normalized spacial score (nSPS) is 11.4. The Kier molecular flexibility index (Phi) is 1.99. The summed E-state index contributed by atoms with van der Waals surface area (Å²) in [7, 11) is 0. The van der Waals surface area contributed by atoms with Crippen LogP contribution in [0, 0.1) is 0 Å². The quantitative estimate of drug-likeness (QED) is 0.776. The second-order valence-electron chi connectivity index (χ2n) is 2.45. The van der Waals surface area contributed by atoms with E-state index in [1.807, 2.05) is 0 Å². The summed E-state index contributed by atoms with van der Waals surface area (Å²) in [6, 6.07) is 2.86. The van der Waals surface area contributed by atoms with Crippen molar-refractivity contribution >= 4 is 27.2 Å². The lowest BCUT2D eigenvalue weighted by atomic mass is 10.3. The van der Waals surface area contributed by atoms with Crippen LogP contribution in [0.5, 0.6) is 0 Å². The number of halogens is 3. The van der Waals surface area contributed by atoms with E-state index >= 15 is 0 Å². The Hall–Kier alpha value is -1.04. The zero-order valence-electron chi connectivity index (χ0n) is 6.28. The van der Waals surface area contributed by atoms with Gasteiger partial charge in [-0.1, -0.05) is 0 Å². The van der Waals surface area contributed by atoms with Crippen LogP contribution in [0.3, 0.4) is 0 Å². The van der Waals surface area contributed by atoms with E-state index in [0.717, 1.165) is 5.39 Å². The van der Waals surface area contributed by atoms with Crippen LogP contribution < -0.4 is 0 Å². The van der Waals surface area contributed by atoms with Crippen LogP contribution in [0.15, 0.2) is 18.3 Å². The minimum absolute atomic E-state index is 0.242. The van der Waals surface area contributed by atoms with Gasteiger partial charge in [-0.05, 0) is 12.1 Å². The molecule has 2 aromatic rings. The monoisotopic (exact) mass is 247 g/mol. The summed E-state index contributed by atoms with van der Waals surface area (Å²) >= 11 is 3.05. The molecular weight excluding hydrogens is 244 g/mol. The van der Waals surface area contributed by atoms with E-state index in [9.17, 15) is 8.78 Å². The van der Waals surface area contributed by atoms with Crippen LogP contribution in [0.25, 0.3) is 11.0 Å². The maximum atomic E-state index is 12.2. The van der Waals surface area contributed by atoms with Gasteiger partial charge in [0.25, 0.3) is 6.43 Å². The van der Waals surface area contributed by atoms with Gasteiger partial charge in [0.1, 0.15) is 5.69 Å². The summed E-state index contributed by atoms with van der Waals surface area (Å²) in [5.41, 5.74) is 0.159. The predicted molar refractivity (Wildman–Crippen MR) is 46.8 cm³/mol. The molecule has 0 fully saturated rings. The summed E-state index contributed by atoms with van der Waals surface area (Å²) in [6.07, 6.45) is -1.00. The maximum Gasteiger partial charge on any atom is 0.280 e. The highest BCUT2D eigenvalue weighted by Gasteiger charge is 2.10. The second kappa shape index (κ2) is 3.02. The van der Waals surface area contributed by atoms with Gasteiger partial charge in [0.2, 0.25) is 0 Å². The van der Waals surface area contributed by atoms with E-state index in [1.54, 1.807) is 12.3 Å². The van der Waals surface area contributed by atoms with Crippen LogP contribution in [0.1, 0.15) is 12.1 Å². The molecule has 2 heterocycles. The van der Waals surface area contributed by atoms with Gasteiger partial charge in [-0.2, -0.15) is 8.81 Å². The molecule has 6 heteroatoms. The lowest BCUT2D eigenvalue weighted by molar-refractivity contribution is 0.146. The number of pyridine rings is 1. The zero-order chi connectivity index (χ0) is 9.42. The molecule has 0 radical (unpaired) electrons. The fourth-order valence-electron chi connectivity index (χ4n) is 1.01. The van der Waals surface area contributed by atoms with Crippen molar-refractivity contribution in [3.8, 4) is 0 Å². The minimum atomic E-state index is -2.55. The second-order valence-corrected chi connectivity index (χ2v) is 3.13. The number of hydrogen-bond acceptors (Lipinski definition) is 2. The Morgan fingerprint density at radius 2 is 2.15 bits per heavy atom. The number of rotatable bonds is 1. The SMILES string of the molecule is FC(F)c1ccc2cnn(Br)c2n1. The fraction of sp³-hybridized carbons (Fsp3) is 0.143. The first-order chi connectivity index (χ1) is 6.18. The van der Waals surface area contributed by atoms with Crippen molar-refractivity contribution in [2.45, 2.75) is 6.43 Å². The number of aromatic nitrogens is 3. The van der Waals surface area contributed by atoms with Gasteiger partial charge in [-0.15, -0.1) is 0 Å². The highest BCUT2D eigenvalue weighted by molar-refractivity contribution is 9.08. The summed E-state index contributed by atoms with van der Waals surface area (Å²) < 4.78 is 25.7. The first-order valence-electron chi connectivity index (χ1n) is 3.47. The zero-order valence-corrected chi connectivity index (χ0v) is 7.87. The Balaban J connectivity index is 2.66. The molecule has 0 saturated heterocycles. The third-order valence-corrected chi connectivity index (χ3v) is 2.14. The summed E-state index contributed by atoms with van der Waals surface area (Å²) in [5.74, 6) is 0. The van der Waals surface area contributed by atoms with Gasteiger partial charge in [-0.25, -0.2) is 13.8 Å². The van der Waals surface area contributed by atoms with Crippen LogP contribution in [0.4, 0.5) is 8.78 Å². The average Bonchev–Trinajstić information content (AvgIpc) is 2.47. The predicted octanol–water partition coefficient (Wildman–Crippen LogP) is 2.53. The Morgan fingerprint density at radius 1 is 1.38 bits per heavy atom. The molecule has 0 aliphatic carbocycles. The fourth-order valence-corrected chi connectivity index (χ4v) is 1.39. The van der Waals surface area contributed by atoms with E-state index in [2.05, 4.69) is 26.2 Å². The highest BCUT2D eigenvalue weighted by atomic mass is 79.9. The van der Waals surface area contributed by atoms with Crippen molar-refractivity contribution < 1.29 is 8.78 Å². The van der Waals surface area contributed by atoms with Crippen LogP contribution in [-0.2, 0) is 0 Å². The van der Waals surface area contributed by atoms with Crippen molar-refractivity contribution in [2.24, 2.45) is 0 Å². The molecule has 0 saturated carbocycles. The Bertz CT molecular complexity index is 440. The van der Waals surface area contributed by atoms with E-state index in [1.165, 1.54) is 9.77 Å². The number of nitrogens with zero attached hydrogens (tertiary/aromatic N) is 3. The lowest BCUT2D eigenvalue weighted by Gasteiger charge is -1.97. The molecule has 0 unspecified atom stereocenters. The van der Waals surface area contributed by atoms with Crippen molar-refractivity contribution in [2.75, 3.05) is 0 Å². The van der Waals surface area contributed by atoms with Crippen molar-refractivity contribution in [1.82, 2.24) is 13.8 Å². The molecule has 0 atom stereocenters. The third kappa shape index (κ3) is 1.41. The van der Waals surface area contributed by atoms with Crippen molar-refractivity contribution in [3.63, 3.8) is 0 Å². The Labute approximate surface area is 80.7 Å². The number of hydrogen-bond donors (Lipinski definition) is 0. The molecule has 0 aromatic carbocycles. The average molecular weight is 248 g/mol. The topological polar surface area (TPSA) is 30.7 Å². The molecule has 3 nitrogen and oxygen atoms in total. The van der Waals surface area contributed by atoms with Crippen LogP contribution >= 0.6 is 16.1 Å². The molecule has 0 spiro atoms. The summed E-state index contributed by atoms with van der Waals surface area (Å²) in [6.45, 7) is 0. The lowest BCUT2D eigenvalue weighted by Crippen LogP contribution is -1.91. The van der Waals surface area contributed by atoms with Crippen molar-refractivity contribution in [1.29, 1.82) is 0 Å². The molecular formula is C7H4BrF2N3. The van der Waals surface area contributed by atoms with E-state index < -0.39 is 6.43 Å². The highest BCUT2D eigenvalue weighted by Crippen LogP contribution is 2.20. The summed E-state index contributed by atoms with van der Waals surface area (Å²) in [5, 5.41) is 4.55. The first-order valence-corrected chi connectivity index (χ1v) is 4.18. The molecule has 0 aliphatic heterocycles. The molecule has 13 heavy (non-hydrogen) atoms. The molecule has 0 aliphatic rings. The largest absolute Gasteiger partial charge is 0.280 e. The van der Waals surface area contributed by atoms with Gasteiger partial charge in [-0.3, -0.25) is 0 Å². The molecule has 2 rings (SSSR count). The van der Waals surface area contributed by atoms with Gasteiger partial charge >= 0.3 is 0 Å². The summed E-state index contributed by atoms with van der Waals surface area (Å²) in [4.78, 5) is 3.74. The molecule has 68 valence electrons. The third-order valence-electron chi connectivity index (χ3n) is 1.62. The van der Waals surface area contributed by atoms with Gasteiger partial charge < -0.3 is 0 Å². The van der Waals surface area contributed by atoms with E-state index in [0.29, 0.717) is 5.65 Å². The van der Waals surface area contributed by atoms with Gasteiger partial charge in [0, 0.05) is 5.39 Å². The first kappa shape index (κ1) is 8.55. The smallest absolute Gasteiger partial charge is 0.226 e. The molecule has 0 amide bonds. The maximum absolute atomic E-state index is 12.2. The standard InChI is InChI=1S/C7H4BrF2N3/c8-13-7-4(3-11-13)1-2-5(12-7)6(9)10/h1-3,6H. The Morgan fingerprint density at radius 3 is 2.85 bits per heavy atom. The van der Waals surface area contributed by atoms with E-state index in [4.69, 9.17) is 0 Å². The van der Waals surface area contributed by atoms with Gasteiger partial charge in [0.15, 0.2) is 5.65 Å². The minimum Gasteiger partial charge on any atom is -0.226 e. The van der Waals surface area contributed by atoms with Gasteiger partial charge in [0.05, 0.1) is 22.3 Å². The molecule has 0 N–H and O–H groups in total. The number of fused-ring (bicyclic) bond motifs is 1. The molecule has 2 aromatic heterocycles. The van der Waals surface area contributed by atoms with Crippen molar-refractivity contribution in [3.05, 3.63) is 24.0 Å². The van der Waals surface area contributed by atoms with E-state index in [-0.39, 0.29) is 5.69 Å².